The molecule has 2 amide bonds. The first-order valence-electron chi connectivity index (χ1n) is 6.88. The summed E-state index contributed by atoms with van der Waals surface area (Å²) in [4.78, 5) is 16.2. The minimum absolute atomic E-state index is 0.0335. The summed E-state index contributed by atoms with van der Waals surface area (Å²) in [5.41, 5.74) is 0. The molecular weight excluding hydrogens is 300 g/mol. The largest absolute Gasteiger partial charge is 0.323 e. The Morgan fingerprint density at radius 1 is 1.25 bits per heavy atom. The molecule has 0 bridgehead atoms. The van der Waals surface area contributed by atoms with Crippen molar-refractivity contribution in [2.24, 2.45) is 5.14 Å². The summed E-state index contributed by atoms with van der Waals surface area (Å²) < 4.78 is 24.3. The van der Waals surface area contributed by atoms with Crippen molar-refractivity contribution in [2.75, 3.05) is 37.7 Å². The average molecular weight is 322 g/mol. The Bertz CT molecular complexity index is 437. The Labute approximate surface area is 124 Å². The third-order valence-corrected chi connectivity index (χ3v) is 5.19. The molecule has 0 spiro atoms. The first-order chi connectivity index (χ1) is 9.47. The second-order valence-electron chi connectivity index (χ2n) is 5.12. The highest BCUT2D eigenvalue weighted by atomic mass is 32.2. The first kappa shape index (κ1) is 15.9. The van der Waals surface area contributed by atoms with Gasteiger partial charge in [-0.3, -0.25) is 0 Å². The van der Waals surface area contributed by atoms with E-state index in [4.69, 9.17) is 5.14 Å². The van der Waals surface area contributed by atoms with E-state index in [9.17, 15) is 13.2 Å². The highest BCUT2D eigenvalue weighted by molar-refractivity contribution is 7.99. The molecule has 0 aromatic rings. The molecule has 2 aliphatic heterocycles. The number of piperidine rings is 1. The quantitative estimate of drug-likeness (QED) is 0.752. The van der Waals surface area contributed by atoms with Gasteiger partial charge in [0.1, 0.15) is 0 Å². The minimum Gasteiger partial charge on any atom is -0.323 e. The van der Waals surface area contributed by atoms with Crippen molar-refractivity contribution in [3.05, 3.63) is 0 Å². The Morgan fingerprint density at radius 2 is 1.95 bits per heavy atom. The number of rotatable bonds is 3. The molecular formula is C11H22N4O3S2. The van der Waals surface area contributed by atoms with Crippen LogP contribution in [0.2, 0.25) is 0 Å². The number of nitrogens with two attached hydrogens (primary N) is 1. The zero-order valence-corrected chi connectivity index (χ0v) is 13.1. The molecule has 116 valence electrons. The standard InChI is InChI=1S/C11H22N4O3S2/c12-20(17,18)13-9-10-3-1-2-4-15(10)11(16)14-5-7-19-8-6-14/h10,13H,1-9H2,(H2,12,17,18). The van der Waals surface area contributed by atoms with Gasteiger partial charge in [-0.1, -0.05) is 0 Å². The van der Waals surface area contributed by atoms with Crippen molar-refractivity contribution in [3.63, 3.8) is 0 Å². The molecule has 0 radical (unpaired) electrons. The fourth-order valence-corrected chi connectivity index (χ4v) is 3.94. The van der Waals surface area contributed by atoms with Crippen LogP contribution in [-0.4, -0.2) is 68.0 Å². The van der Waals surface area contributed by atoms with E-state index in [-0.39, 0.29) is 18.6 Å². The summed E-state index contributed by atoms with van der Waals surface area (Å²) in [7, 11) is -3.70. The van der Waals surface area contributed by atoms with E-state index >= 15 is 0 Å². The minimum atomic E-state index is -3.70. The molecule has 2 heterocycles. The third kappa shape index (κ3) is 4.51. The van der Waals surface area contributed by atoms with Crippen molar-refractivity contribution in [3.8, 4) is 0 Å². The topological polar surface area (TPSA) is 95.7 Å². The van der Waals surface area contributed by atoms with Gasteiger partial charge in [-0.2, -0.15) is 20.2 Å². The van der Waals surface area contributed by atoms with Crippen LogP contribution in [0.4, 0.5) is 4.79 Å². The molecule has 0 aromatic heterocycles. The Kier molecular flexibility index (Phi) is 5.53. The number of hydrogen-bond acceptors (Lipinski definition) is 4. The second kappa shape index (κ2) is 6.97. The maximum Gasteiger partial charge on any atom is 0.320 e. The van der Waals surface area contributed by atoms with Gasteiger partial charge >= 0.3 is 6.03 Å². The van der Waals surface area contributed by atoms with Crippen molar-refractivity contribution in [1.29, 1.82) is 0 Å². The van der Waals surface area contributed by atoms with Crippen molar-refractivity contribution in [1.82, 2.24) is 14.5 Å². The monoisotopic (exact) mass is 322 g/mol. The van der Waals surface area contributed by atoms with Gasteiger partial charge in [0.15, 0.2) is 0 Å². The van der Waals surface area contributed by atoms with Crippen molar-refractivity contribution < 1.29 is 13.2 Å². The highest BCUT2D eigenvalue weighted by Crippen LogP contribution is 2.20. The molecule has 3 N–H and O–H groups in total. The summed E-state index contributed by atoms with van der Waals surface area (Å²) in [6.07, 6.45) is 2.80. The molecule has 2 fully saturated rings. The van der Waals surface area contributed by atoms with Gasteiger partial charge in [-0.25, -0.2) is 14.7 Å². The van der Waals surface area contributed by atoms with E-state index in [1.807, 2.05) is 16.7 Å². The van der Waals surface area contributed by atoms with E-state index in [1.54, 1.807) is 4.90 Å². The summed E-state index contributed by atoms with van der Waals surface area (Å²) in [6.45, 7) is 2.44. The Balaban J connectivity index is 1.96. The summed E-state index contributed by atoms with van der Waals surface area (Å²) in [5, 5.41) is 4.96. The van der Waals surface area contributed by atoms with E-state index in [2.05, 4.69) is 4.72 Å². The second-order valence-corrected chi connectivity index (χ2v) is 7.72. The molecule has 0 aliphatic carbocycles. The molecule has 1 unspecified atom stereocenters. The molecule has 9 heteroatoms. The average Bonchev–Trinajstić information content (AvgIpc) is 2.45. The lowest BCUT2D eigenvalue weighted by atomic mass is 10.0. The van der Waals surface area contributed by atoms with E-state index in [1.165, 1.54) is 0 Å². The van der Waals surface area contributed by atoms with Crippen LogP contribution in [-0.2, 0) is 10.2 Å². The summed E-state index contributed by atoms with van der Waals surface area (Å²) >= 11 is 1.86. The van der Waals surface area contributed by atoms with Crippen LogP contribution in [0.15, 0.2) is 0 Å². The molecule has 2 aliphatic rings. The number of nitrogens with one attached hydrogen (secondary N) is 1. The van der Waals surface area contributed by atoms with Gasteiger partial charge in [0.25, 0.3) is 10.2 Å². The normalized spacial score (nSPS) is 24.8. The summed E-state index contributed by atoms with van der Waals surface area (Å²) in [6, 6.07) is -0.0598. The lowest BCUT2D eigenvalue weighted by molar-refractivity contribution is 0.119. The lowest BCUT2D eigenvalue weighted by Crippen LogP contribution is -2.55. The van der Waals surface area contributed by atoms with E-state index in [0.717, 1.165) is 43.9 Å². The first-order valence-corrected chi connectivity index (χ1v) is 9.58. The van der Waals surface area contributed by atoms with Gasteiger partial charge in [0.2, 0.25) is 0 Å². The fraction of sp³-hybridized carbons (Fsp3) is 0.909. The van der Waals surface area contributed by atoms with Crippen LogP contribution in [0.5, 0.6) is 0 Å². The van der Waals surface area contributed by atoms with Crippen molar-refractivity contribution in [2.45, 2.75) is 25.3 Å². The maximum atomic E-state index is 12.5. The van der Waals surface area contributed by atoms with Crippen LogP contribution in [0.25, 0.3) is 0 Å². The van der Waals surface area contributed by atoms with Gasteiger partial charge in [0, 0.05) is 43.7 Å². The molecule has 20 heavy (non-hydrogen) atoms. The maximum absolute atomic E-state index is 12.5. The number of nitrogens with zero attached hydrogens (tertiary/aromatic N) is 2. The zero-order valence-electron chi connectivity index (χ0n) is 11.5. The number of carbonyl (C=O) groups excluding carboxylic acids is 1. The number of urea groups is 1. The van der Waals surface area contributed by atoms with Crippen LogP contribution >= 0.6 is 11.8 Å². The molecule has 1 atom stereocenters. The molecule has 2 rings (SSSR count). The number of thioether (sulfide) groups is 1. The van der Waals surface area contributed by atoms with Gasteiger partial charge in [0.05, 0.1) is 0 Å². The van der Waals surface area contributed by atoms with E-state index < -0.39 is 10.2 Å². The van der Waals surface area contributed by atoms with Crippen LogP contribution in [0, 0.1) is 0 Å². The number of carbonyl (C=O) groups is 1. The van der Waals surface area contributed by atoms with E-state index in [0.29, 0.717) is 6.54 Å². The molecule has 7 nitrogen and oxygen atoms in total. The van der Waals surface area contributed by atoms with Crippen LogP contribution < -0.4 is 9.86 Å². The highest BCUT2D eigenvalue weighted by Gasteiger charge is 2.30. The van der Waals surface area contributed by atoms with Gasteiger partial charge in [-0.05, 0) is 19.3 Å². The Morgan fingerprint density at radius 3 is 2.60 bits per heavy atom. The van der Waals surface area contributed by atoms with Gasteiger partial charge in [-0.15, -0.1) is 0 Å². The lowest BCUT2D eigenvalue weighted by Gasteiger charge is -2.40. The Hall–Kier alpha value is -0.510. The van der Waals surface area contributed by atoms with Crippen molar-refractivity contribution >= 4 is 28.0 Å². The number of hydrogen-bond donors (Lipinski definition) is 2. The SMILES string of the molecule is NS(=O)(=O)NCC1CCCCN1C(=O)N1CCSCC1. The number of amides is 2. The van der Waals surface area contributed by atoms with Gasteiger partial charge < -0.3 is 9.80 Å². The molecule has 2 saturated heterocycles. The number of likely N-dealkylation sites (tertiary alicyclic amines) is 1. The predicted octanol–water partition coefficient (Wildman–Crippen LogP) is -0.197. The van der Waals surface area contributed by atoms with Crippen LogP contribution in [0.3, 0.4) is 0 Å². The third-order valence-electron chi connectivity index (χ3n) is 3.67. The molecule has 0 saturated carbocycles. The fourth-order valence-electron chi connectivity index (χ4n) is 2.61. The smallest absolute Gasteiger partial charge is 0.320 e. The molecule has 0 aromatic carbocycles. The predicted molar refractivity (Wildman–Crippen MR) is 79.7 cm³/mol. The van der Waals surface area contributed by atoms with Crippen LogP contribution in [0.1, 0.15) is 19.3 Å². The zero-order chi connectivity index (χ0) is 14.6. The summed E-state index contributed by atoms with van der Waals surface area (Å²) in [5.74, 6) is 1.94.